The Labute approximate surface area is 166 Å². The van der Waals surface area contributed by atoms with Gasteiger partial charge in [-0.3, -0.25) is 9.59 Å². The van der Waals surface area contributed by atoms with Crippen LogP contribution in [-0.2, 0) is 16.0 Å². The summed E-state index contributed by atoms with van der Waals surface area (Å²) >= 11 is 3.23. The number of amides is 2. The van der Waals surface area contributed by atoms with E-state index in [4.69, 9.17) is 4.74 Å². The van der Waals surface area contributed by atoms with Gasteiger partial charge in [0.25, 0.3) is 0 Å². The summed E-state index contributed by atoms with van der Waals surface area (Å²) in [7, 11) is 1.60. The molecular formula is C20H20N2O3S2. The van der Waals surface area contributed by atoms with Crippen molar-refractivity contribution in [2.45, 2.75) is 22.6 Å². The molecule has 1 saturated heterocycles. The van der Waals surface area contributed by atoms with E-state index < -0.39 is 6.04 Å². The molecule has 0 spiro atoms. The average molecular weight is 401 g/mol. The number of nitrogens with one attached hydrogen (secondary N) is 1. The number of benzene rings is 2. The van der Waals surface area contributed by atoms with Gasteiger partial charge in [-0.25, -0.2) is 0 Å². The van der Waals surface area contributed by atoms with E-state index in [0.29, 0.717) is 17.3 Å². The molecule has 0 radical (unpaired) electrons. The summed E-state index contributed by atoms with van der Waals surface area (Å²) in [6, 6.07) is 14.9. The molecule has 2 aromatic carbocycles. The van der Waals surface area contributed by atoms with Crippen LogP contribution in [0.4, 0.5) is 5.69 Å². The Kier molecular flexibility index (Phi) is 5.31. The van der Waals surface area contributed by atoms with Crippen LogP contribution in [0.15, 0.2) is 53.4 Å². The quantitative estimate of drug-likeness (QED) is 0.854. The van der Waals surface area contributed by atoms with E-state index in [1.54, 1.807) is 59.8 Å². The maximum Gasteiger partial charge on any atom is 0.248 e. The lowest BCUT2D eigenvalue weighted by atomic mass is 10.1. The lowest BCUT2D eigenvalue weighted by Gasteiger charge is -2.25. The Morgan fingerprint density at radius 1 is 1.15 bits per heavy atom. The van der Waals surface area contributed by atoms with Crippen molar-refractivity contribution in [3.05, 3.63) is 54.1 Å². The molecule has 140 valence electrons. The SMILES string of the molecule is COc1ccc(NC(=O)C2CSCN2C(=O)C2Cc3ccccc3S2)cc1. The number of fused-ring (bicyclic) bond motifs is 1. The van der Waals surface area contributed by atoms with Crippen molar-refractivity contribution in [1.29, 1.82) is 0 Å². The van der Waals surface area contributed by atoms with Gasteiger partial charge in [-0.2, -0.15) is 0 Å². The summed E-state index contributed by atoms with van der Waals surface area (Å²) in [5, 5.41) is 2.78. The molecular weight excluding hydrogens is 380 g/mol. The second-order valence-corrected chi connectivity index (χ2v) is 8.70. The zero-order valence-corrected chi connectivity index (χ0v) is 16.5. The highest BCUT2D eigenvalue weighted by atomic mass is 32.2. The van der Waals surface area contributed by atoms with E-state index in [-0.39, 0.29) is 17.1 Å². The molecule has 0 saturated carbocycles. The van der Waals surface area contributed by atoms with Crippen molar-refractivity contribution < 1.29 is 14.3 Å². The maximum absolute atomic E-state index is 13.1. The van der Waals surface area contributed by atoms with Gasteiger partial charge in [0.05, 0.1) is 18.2 Å². The van der Waals surface area contributed by atoms with Crippen LogP contribution < -0.4 is 10.1 Å². The number of hydrogen-bond acceptors (Lipinski definition) is 5. The Hall–Kier alpha value is -2.12. The zero-order valence-electron chi connectivity index (χ0n) is 14.9. The second-order valence-electron chi connectivity index (χ2n) is 6.46. The predicted molar refractivity (Wildman–Crippen MR) is 109 cm³/mol. The molecule has 0 aromatic heterocycles. The highest BCUT2D eigenvalue weighted by Crippen LogP contribution is 2.38. The molecule has 2 amide bonds. The standard InChI is InChI=1S/C20H20N2O3S2/c1-25-15-8-6-14(7-9-15)21-19(23)16-11-26-12-22(16)20(24)18-10-13-4-2-3-5-17(13)27-18/h2-9,16,18H,10-12H2,1H3,(H,21,23). The number of nitrogens with zero attached hydrogens (tertiary/aromatic N) is 1. The topological polar surface area (TPSA) is 58.6 Å². The van der Waals surface area contributed by atoms with Crippen molar-refractivity contribution in [2.24, 2.45) is 0 Å². The van der Waals surface area contributed by atoms with Crippen LogP contribution in [0.5, 0.6) is 5.75 Å². The molecule has 4 rings (SSSR count). The number of hydrogen-bond donors (Lipinski definition) is 1. The molecule has 27 heavy (non-hydrogen) atoms. The highest BCUT2D eigenvalue weighted by molar-refractivity contribution is 8.01. The number of methoxy groups -OCH3 is 1. The molecule has 2 aliphatic heterocycles. The molecule has 1 N–H and O–H groups in total. The summed E-state index contributed by atoms with van der Waals surface area (Å²) in [6.45, 7) is 0. The Balaban J connectivity index is 1.42. The van der Waals surface area contributed by atoms with Crippen molar-refractivity contribution in [2.75, 3.05) is 24.1 Å². The number of carbonyl (C=O) groups is 2. The van der Waals surface area contributed by atoms with Gasteiger partial charge in [0, 0.05) is 16.3 Å². The molecule has 0 aliphatic carbocycles. The van der Waals surface area contributed by atoms with Crippen molar-refractivity contribution in [3.8, 4) is 5.75 Å². The van der Waals surface area contributed by atoms with Crippen molar-refractivity contribution in [3.63, 3.8) is 0 Å². The van der Waals surface area contributed by atoms with Crippen molar-refractivity contribution in [1.82, 2.24) is 4.90 Å². The summed E-state index contributed by atoms with van der Waals surface area (Å²) in [6.07, 6.45) is 0.730. The molecule has 2 aliphatic rings. The number of anilines is 1. The molecule has 1 fully saturated rings. The fraction of sp³-hybridized carbons (Fsp3) is 0.300. The van der Waals surface area contributed by atoms with Crippen LogP contribution in [0.2, 0.25) is 0 Å². The highest BCUT2D eigenvalue weighted by Gasteiger charge is 2.39. The molecule has 2 unspecified atom stereocenters. The first kappa shape index (κ1) is 18.3. The van der Waals surface area contributed by atoms with Crippen LogP contribution in [0.25, 0.3) is 0 Å². The Morgan fingerprint density at radius 3 is 2.67 bits per heavy atom. The van der Waals surface area contributed by atoms with Crippen LogP contribution in [0, 0.1) is 0 Å². The van der Waals surface area contributed by atoms with Gasteiger partial charge in [-0.15, -0.1) is 23.5 Å². The van der Waals surface area contributed by atoms with Crippen LogP contribution in [0.1, 0.15) is 5.56 Å². The fourth-order valence-corrected chi connectivity index (χ4v) is 5.71. The zero-order chi connectivity index (χ0) is 18.8. The first-order valence-corrected chi connectivity index (χ1v) is 10.8. The largest absolute Gasteiger partial charge is 0.497 e. The smallest absolute Gasteiger partial charge is 0.248 e. The van der Waals surface area contributed by atoms with Gasteiger partial charge in [0.1, 0.15) is 11.8 Å². The number of rotatable bonds is 4. The summed E-state index contributed by atoms with van der Waals surface area (Å²) in [5.41, 5.74) is 1.92. The maximum atomic E-state index is 13.1. The van der Waals surface area contributed by atoms with E-state index in [1.165, 1.54) is 10.5 Å². The molecule has 7 heteroatoms. The van der Waals surface area contributed by atoms with Gasteiger partial charge < -0.3 is 15.0 Å². The minimum Gasteiger partial charge on any atom is -0.497 e. The molecule has 5 nitrogen and oxygen atoms in total. The van der Waals surface area contributed by atoms with Gasteiger partial charge in [0.2, 0.25) is 11.8 Å². The number of carbonyl (C=O) groups excluding carboxylic acids is 2. The van der Waals surface area contributed by atoms with E-state index in [0.717, 1.165) is 12.2 Å². The minimum absolute atomic E-state index is 0.0519. The Morgan fingerprint density at radius 2 is 1.93 bits per heavy atom. The summed E-state index contributed by atoms with van der Waals surface area (Å²) < 4.78 is 5.13. The van der Waals surface area contributed by atoms with Crippen molar-refractivity contribution >= 4 is 41.0 Å². The second kappa shape index (κ2) is 7.86. The lowest BCUT2D eigenvalue weighted by molar-refractivity contribution is -0.135. The van der Waals surface area contributed by atoms with E-state index >= 15 is 0 Å². The van der Waals surface area contributed by atoms with E-state index in [1.807, 2.05) is 12.1 Å². The van der Waals surface area contributed by atoms with Gasteiger partial charge in [-0.1, -0.05) is 18.2 Å². The van der Waals surface area contributed by atoms with E-state index in [9.17, 15) is 9.59 Å². The van der Waals surface area contributed by atoms with Gasteiger partial charge in [-0.05, 0) is 42.3 Å². The molecule has 0 bridgehead atoms. The summed E-state index contributed by atoms with van der Waals surface area (Å²) in [5.74, 6) is 1.83. The third-order valence-corrected chi connectivity index (χ3v) is 7.07. The number of ether oxygens (including phenoxy) is 1. The normalized spacial score (nSPS) is 21.0. The fourth-order valence-electron chi connectivity index (χ4n) is 3.28. The lowest BCUT2D eigenvalue weighted by Crippen LogP contribution is -2.47. The predicted octanol–water partition coefficient (Wildman–Crippen LogP) is 3.25. The monoisotopic (exact) mass is 400 g/mol. The number of thioether (sulfide) groups is 2. The van der Waals surface area contributed by atoms with Crippen LogP contribution >= 0.6 is 23.5 Å². The van der Waals surface area contributed by atoms with Crippen LogP contribution in [-0.4, -0.2) is 46.7 Å². The van der Waals surface area contributed by atoms with Gasteiger partial charge >= 0.3 is 0 Å². The molecule has 2 aromatic rings. The first-order valence-electron chi connectivity index (χ1n) is 8.73. The average Bonchev–Trinajstić information content (AvgIpc) is 3.35. The van der Waals surface area contributed by atoms with Crippen LogP contribution in [0.3, 0.4) is 0 Å². The third kappa shape index (κ3) is 3.80. The Bertz CT molecular complexity index is 832. The molecule has 2 heterocycles. The van der Waals surface area contributed by atoms with Gasteiger partial charge in [0.15, 0.2) is 0 Å². The third-order valence-electron chi connectivity index (χ3n) is 4.75. The minimum atomic E-state index is -0.436. The summed E-state index contributed by atoms with van der Waals surface area (Å²) in [4.78, 5) is 28.7. The first-order chi connectivity index (χ1) is 13.2. The van der Waals surface area contributed by atoms with E-state index in [2.05, 4.69) is 17.4 Å². The molecule has 2 atom stereocenters.